The summed E-state index contributed by atoms with van der Waals surface area (Å²) >= 11 is 1.69. The fourth-order valence-corrected chi connectivity index (χ4v) is 4.22. The highest BCUT2D eigenvalue weighted by atomic mass is 32.2. The van der Waals surface area contributed by atoms with Crippen LogP contribution in [0.1, 0.15) is 22.6 Å². The highest BCUT2D eigenvalue weighted by Crippen LogP contribution is 2.15. The molecule has 0 bridgehead atoms. The van der Waals surface area contributed by atoms with Gasteiger partial charge in [-0.2, -0.15) is 0 Å². The fourth-order valence-electron chi connectivity index (χ4n) is 2.90. The van der Waals surface area contributed by atoms with Gasteiger partial charge in [-0.05, 0) is 54.1 Å². The van der Waals surface area contributed by atoms with Crippen LogP contribution in [0.4, 0.5) is 0 Å². The maximum Gasteiger partial charge on any atom is 0.223 e. The van der Waals surface area contributed by atoms with E-state index in [1.807, 2.05) is 28.5 Å². The molecular weight excluding hydrogens is 394 g/mol. The van der Waals surface area contributed by atoms with Gasteiger partial charge in [-0.3, -0.25) is 4.79 Å². The molecule has 0 N–H and O–H groups in total. The molecule has 1 amide bonds. The Morgan fingerprint density at radius 1 is 1.07 bits per heavy atom. The average Bonchev–Trinajstić information content (AvgIpc) is 3.36. The van der Waals surface area contributed by atoms with Crippen LogP contribution in [0.3, 0.4) is 0 Å². The van der Waals surface area contributed by atoms with E-state index in [9.17, 15) is 13.2 Å². The Balaban J connectivity index is 1.61. The lowest BCUT2D eigenvalue weighted by Crippen LogP contribution is -2.32. The molecule has 0 fully saturated rings. The molecule has 3 aromatic rings. The van der Waals surface area contributed by atoms with Gasteiger partial charge in [-0.15, -0.1) is 11.3 Å². The average molecular weight is 418 g/mol. The van der Waals surface area contributed by atoms with Crippen molar-refractivity contribution in [2.75, 3.05) is 12.8 Å². The van der Waals surface area contributed by atoms with Crippen LogP contribution < -0.4 is 0 Å². The summed E-state index contributed by atoms with van der Waals surface area (Å²) in [6, 6.07) is 14.5. The predicted octanol–water partition coefficient (Wildman–Crippen LogP) is 3.95. The standard InChI is InChI=1S/C21H23NO4S2/c1-28(24,25)20-9-6-17(7-10-20)8-11-21(23)22(16-18-4-2-14-26-18)13-12-19-5-3-15-27-19/h2-7,9-10,14-15H,8,11-13,16H2,1H3. The largest absolute Gasteiger partial charge is 0.467 e. The van der Waals surface area contributed by atoms with Crippen LogP contribution in [0.25, 0.3) is 0 Å². The number of nitrogens with zero attached hydrogens (tertiary/aromatic N) is 1. The number of carbonyl (C=O) groups excluding carboxylic acids is 1. The molecule has 0 aliphatic carbocycles. The molecule has 0 aliphatic rings. The molecule has 1 aromatic carbocycles. The Bertz CT molecular complexity index is 976. The summed E-state index contributed by atoms with van der Waals surface area (Å²) in [5.74, 6) is 0.817. The number of rotatable bonds is 9. The lowest BCUT2D eigenvalue weighted by atomic mass is 10.1. The molecular formula is C21H23NO4S2. The number of hydrogen-bond acceptors (Lipinski definition) is 5. The molecule has 28 heavy (non-hydrogen) atoms. The molecule has 7 heteroatoms. The molecule has 2 aromatic heterocycles. The van der Waals surface area contributed by atoms with Gasteiger partial charge in [-0.1, -0.05) is 18.2 Å². The second-order valence-electron chi connectivity index (χ2n) is 6.64. The minimum absolute atomic E-state index is 0.0557. The van der Waals surface area contributed by atoms with E-state index in [4.69, 9.17) is 4.42 Å². The van der Waals surface area contributed by atoms with Crippen molar-refractivity contribution in [1.29, 1.82) is 0 Å². The fraction of sp³-hybridized carbons (Fsp3) is 0.286. The van der Waals surface area contributed by atoms with Crippen molar-refractivity contribution in [2.45, 2.75) is 30.7 Å². The SMILES string of the molecule is CS(=O)(=O)c1ccc(CCC(=O)N(CCc2cccs2)Cc2ccco2)cc1. The highest BCUT2D eigenvalue weighted by Gasteiger charge is 2.16. The topological polar surface area (TPSA) is 67.6 Å². The zero-order valence-electron chi connectivity index (χ0n) is 15.7. The van der Waals surface area contributed by atoms with Gasteiger partial charge in [0.25, 0.3) is 0 Å². The van der Waals surface area contributed by atoms with Gasteiger partial charge in [-0.25, -0.2) is 8.42 Å². The summed E-state index contributed by atoms with van der Waals surface area (Å²) < 4.78 is 28.5. The van der Waals surface area contributed by atoms with E-state index in [2.05, 4.69) is 6.07 Å². The Morgan fingerprint density at radius 2 is 1.86 bits per heavy atom. The van der Waals surface area contributed by atoms with E-state index in [0.29, 0.717) is 25.9 Å². The molecule has 0 spiro atoms. The van der Waals surface area contributed by atoms with E-state index in [1.165, 1.54) is 11.1 Å². The van der Waals surface area contributed by atoms with Crippen molar-refractivity contribution in [1.82, 2.24) is 4.90 Å². The van der Waals surface area contributed by atoms with Gasteiger partial charge in [0.05, 0.1) is 17.7 Å². The quantitative estimate of drug-likeness (QED) is 0.529. The number of furan rings is 1. The van der Waals surface area contributed by atoms with Crippen LogP contribution >= 0.6 is 11.3 Å². The lowest BCUT2D eigenvalue weighted by molar-refractivity contribution is -0.132. The van der Waals surface area contributed by atoms with Crippen molar-refractivity contribution in [2.24, 2.45) is 0 Å². The molecule has 148 valence electrons. The first-order chi connectivity index (χ1) is 13.4. The van der Waals surface area contributed by atoms with Crippen molar-refractivity contribution in [3.8, 4) is 0 Å². The summed E-state index contributed by atoms with van der Waals surface area (Å²) in [5.41, 5.74) is 0.942. The van der Waals surface area contributed by atoms with E-state index in [-0.39, 0.29) is 10.8 Å². The van der Waals surface area contributed by atoms with Crippen LogP contribution in [0.15, 0.2) is 69.5 Å². The van der Waals surface area contributed by atoms with Crippen molar-refractivity contribution in [3.05, 3.63) is 76.4 Å². The Kier molecular flexibility index (Phi) is 6.70. The smallest absolute Gasteiger partial charge is 0.223 e. The molecule has 0 radical (unpaired) electrons. The molecule has 0 unspecified atom stereocenters. The highest BCUT2D eigenvalue weighted by molar-refractivity contribution is 7.90. The van der Waals surface area contributed by atoms with Gasteiger partial charge in [0.15, 0.2) is 9.84 Å². The third-order valence-corrected chi connectivity index (χ3v) is 6.53. The summed E-state index contributed by atoms with van der Waals surface area (Å²) in [7, 11) is -3.21. The third kappa shape index (κ3) is 5.81. The van der Waals surface area contributed by atoms with Crippen LogP contribution in [0, 0.1) is 0 Å². The van der Waals surface area contributed by atoms with E-state index in [1.54, 1.807) is 41.9 Å². The number of carbonyl (C=O) groups is 1. The number of thiophene rings is 1. The number of sulfone groups is 1. The van der Waals surface area contributed by atoms with Gasteiger partial charge in [0.2, 0.25) is 5.91 Å². The first-order valence-electron chi connectivity index (χ1n) is 9.03. The summed E-state index contributed by atoms with van der Waals surface area (Å²) in [6.45, 7) is 1.08. The third-order valence-electron chi connectivity index (χ3n) is 4.47. The zero-order chi connectivity index (χ0) is 20.0. The van der Waals surface area contributed by atoms with Crippen molar-refractivity contribution >= 4 is 27.1 Å². The maximum atomic E-state index is 12.8. The first-order valence-corrected chi connectivity index (χ1v) is 11.8. The summed E-state index contributed by atoms with van der Waals surface area (Å²) in [6.07, 6.45) is 4.54. The Labute approximate surface area is 169 Å². The Morgan fingerprint density at radius 3 is 2.46 bits per heavy atom. The monoisotopic (exact) mass is 417 g/mol. The molecule has 5 nitrogen and oxygen atoms in total. The van der Waals surface area contributed by atoms with Crippen LogP contribution in [0.5, 0.6) is 0 Å². The molecule has 0 atom stereocenters. The Hall–Kier alpha value is -2.38. The minimum atomic E-state index is -3.21. The first kappa shape index (κ1) is 20.4. The van der Waals surface area contributed by atoms with E-state index >= 15 is 0 Å². The van der Waals surface area contributed by atoms with Crippen LogP contribution in [-0.2, 0) is 34.0 Å². The molecule has 3 rings (SSSR count). The summed E-state index contributed by atoms with van der Waals surface area (Å²) in [5, 5.41) is 2.04. The normalized spacial score (nSPS) is 11.5. The molecule has 0 saturated carbocycles. The van der Waals surface area contributed by atoms with Gasteiger partial charge >= 0.3 is 0 Å². The maximum absolute atomic E-state index is 12.8. The van der Waals surface area contributed by atoms with Crippen LogP contribution in [0.2, 0.25) is 0 Å². The van der Waals surface area contributed by atoms with Gasteiger partial charge in [0.1, 0.15) is 5.76 Å². The van der Waals surface area contributed by atoms with Crippen molar-refractivity contribution in [3.63, 3.8) is 0 Å². The number of benzene rings is 1. The van der Waals surface area contributed by atoms with E-state index < -0.39 is 9.84 Å². The molecule has 0 aliphatic heterocycles. The van der Waals surface area contributed by atoms with Crippen LogP contribution in [-0.4, -0.2) is 32.0 Å². The number of hydrogen-bond donors (Lipinski definition) is 0. The lowest BCUT2D eigenvalue weighted by Gasteiger charge is -2.21. The number of aryl methyl sites for hydroxylation is 1. The predicted molar refractivity (Wildman–Crippen MR) is 110 cm³/mol. The second-order valence-corrected chi connectivity index (χ2v) is 9.69. The number of amides is 1. The minimum Gasteiger partial charge on any atom is -0.467 e. The summed E-state index contributed by atoms with van der Waals surface area (Å²) in [4.78, 5) is 16.2. The second kappa shape index (κ2) is 9.21. The van der Waals surface area contributed by atoms with Gasteiger partial charge < -0.3 is 9.32 Å². The zero-order valence-corrected chi connectivity index (χ0v) is 17.3. The molecule has 2 heterocycles. The van der Waals surface area contributed by atoms with Gasteiger partial charge in [0, 0.05) is 24.1 Å². The molecule has 0 saturated heterocycles. The van der Waals surface area contributed by atoms with Crippen molar-refractivity contribution < 1.29 is 17.6 Å². The van der Waals surface area contributed by atoms with E-state index in [0.717, 1.165) is 17.7 Å².